The van der Waals surface area contributed by atoms with Gasteiger partial charge in [0.2, 0.25) is 12.1 Å². The molecule has 5 aromatic rings. The molecule has 0 aliphatic carbocycles. The van der Waals surface area contributed by atoms with Crippen LogP contribution in [0.1, 0.15) is 63.6 Å². The normalized spacial score (nSPS) is 12.5. The van der Waals surface area contributed by atoms with Crippen LogP contribution >= 0.6 is 58.0 Å². The van der Waals surface area contributed by atoms with Gasteiger partial charge in [-0.3, -0.25) is 28.8 Å². The van der Waals surface area contributed by atoms with Crippen LogP contribution in [-0.2, 0) is 32.0 Å². The number of rotatable bonds is 21. The molecule has 4 N–H and O–H groups in total. The van der Waals surface area contributed by atoms with Gasteiger partial charge in [-0.05, 0) is 129 Å². The number of ketones is 2. The van der Waals surface area contributed by atoms with Crippen molar-refractivity contribution in [2.45, 2.75) is 51.1 Å². The van der Waals surface area contributed by atoms with Crippen molar-refractivity contribution in [3.63, 3.8) is 0 Å². The van der Waals surface area contributed by atoms with Gasteiger partial charge in [-0.1, -0.05) is 35.3 Å². The van der Waals surface area contributed by atoms with E-state index in [1.807, 2.05) is 0 Å². The number of aryl methyl sites for hydroxylation is 2. The molecule has 69 heavy (non-hydrogen) atoms. The molecular formula is C48H45Cl5N8O8. The fraction of sp³-hybridized carbons (Fsp3) is 0.250. The van der Waals surface area contributed by atoms with E-state index in [2.05, 4.69) is 41.7 Å². The highest BCUT2D eigenvalue weighted by Gasteiger charge is 2.27. The Hall–Kier alpha value is -6.43. The summed E-state index contributed by atoms with van der Waals surface area (Å²) in [5.74, 6) is -2.37. The van der Waals surface area contributed by atoms with Gasteiger partial charge in [0.15, 0.2) is 11.6 Å². The molecule has 0 saturated heterocycles. The van der Waals surface area contributed by atoms with Gasteiger partial charge in [0.05, 0.1) is 40.8 Å². The van der Waals surface area contributed by atoms with Gasteiger partial charge < -0.3 is 30.7 Å². The summed E-state index contributed by atoms with van der Waals surface area (Å²) in [6.07, 6.45) is 0.909. The molecule has 5 rings (SSSR count). The van der Waals surface area contributed by atoms with Crippen LogP contribution in [0.15, 0.2) is 111 Å². The van der Waals surface area contributed by atoms with Gasteiger partial charge in [0.25, 0.3) is 23.6 Å². The van der Waals surface area contributed by atoms with Crippen LogP contribution in [0.2, 0.25) is 10.0 Å². The number of hydrogen-bond donors (Lipinski definition) is 4. The number of alkyl halides is 3. The first-order chi connectivity index (χ1) is 33.0. The average Bonchev–Trinajstić information content (AvgIpc) is 3.31. The molecule has 3 atom stereocenters. The number of carbonyl (C=O) groups excluding carboxylic acids is 6. The van der Waals surface area contributed by atoms with Gasteiger partial charge in [0, 0.05) is 34.5 Å². The lowest BCUT2D eigenvalue weighted by molar-refractivity contribution is -0.127. The fourth-order valence-electron chi connectivity index (χ4n) is 6.55. The number of hydrogen-bond acceptors (Lipinski definition) is 12. The predicted octanol–water partition coefficient (Wildman–Crippen LogP) is 11.7. The van der Waals surface area contributed by atoms with Gasteiger partial charge >= 0.3 is 0 Å². The van der Waals surface area contributed by atoms with Crippen molar-refractivity contribution >= 4 is 127 Å². The second-order valence-corrected chi connectivity index (χ2v) is 17.1. The third-order valence-electron chi connectivity index (χ3n) is 10.1. The van der Waals surface area contributed by atoms with Crippen LogP contribution < -0.4 is 30.7 Å². The first kappa shape index (κ1) is 53.5. The summed E-state index contributed by atoms with van der Waals surface area (Å²) in [6, 6.07) is 20.2. The van der Waals surface area contributed by atoms with Crippen LogP contribution in [0.5, 0.6) is 11.5 Å². The monoisotopic (exact) mass is 1040 g/mol. The first-order valence-corrected chi connectivity index (χ1v) is 23.1. The molecule has 0 bridgehead atoms. The highest BCUT2D eigenvalue weighted by molar-refractivity contribution is 6.37. The Labute approximate surface area is 422 Å². The quantitative estimate of drug-likeness (QED) is 0.0314. The van der Waals surface area contributed by atoms with E-state index in [0.717, 1.165) is 25.0 Å². The second-order valence-electron chi connectivity index (χ2n) is 15.0. The highest BCUT2D eigenvalue weighted by atomic mass is 35.5. The van der Waals surface area contributed by atoms with Gasteiger partial charge in [-0.2, -0.15) is 20.5 Å². The minimum absolute atomic E-state index is 0.0135. The topological polar surface area (TPSA) is 218 Å². The number of methoxy groups -OCH3 is 2. The van der Waals surface area contributed by atoms with E-state index < -0.39 is 52.7 Å². The number of carbonyl (C=O) groups is 6. The minimum atomic E-state index is -1.65. The number of azo groups is 2. The van der Waals surface area contributed by atoms with Crippen molar-refractivity contribution in [1.82, 2.24) is 0 Å². The molecule has 16 nitrogen and oxygen atoms in total. The summed E-state index contributed by atoms with van der Waals surface area (Å²) in [7, 11) is 3.05. The van der Waals surface area contributed by atoms with E-state index in [9.17, 15) is 28.8 Å². The summed E-state index contributed by atoms with van der Waals surface area (Å²) in [4.78, 5) is 79.2. The SMILES string of the molecule is COc1ccc(NC(=O)c2cccc(N=NC(C(C)=O)C(=O)Nc3ccc(NC(=O)C(N=Nc4cccc(C(=O)Nc5ccc(OC)cc5CCCl)c4Cl)C(C)=O)c(C(C)Cl)c3)c2Cl)c(CCCl)c1. The average molecular weight is 1040 g/mol. The van der Waals surface area contributed by atoms with Crippen LogP contribution in [0.3, 0.4) is 0 Å². The number of nitrogens with one attached hydrogen (secondary N) is 4. The maximum Gasteiger partial charge on any atom is 0.258 e. The molecular weight excluding hydrogens is 994 g/mol. The molecule has 4 amide bonds. The number of nitrogens with zero attached hydrogens (tertiary/aromatic N) is 4. The van der Waals surface area contributed by atoms with Crippen molar-refractivity contribution < 1.29 is 38.2 Å². The van der Waals surface area contributed by atoms with Crippen molar-refractivity contribution in [3.05, 3.63) is 129 Å². The number of ether oxygens (including phenoxy) is 2. The fourth-order valence-corrected chi connectivity index (χ4v) is 7.64. The van der Waals surface area contributed by atoms with Crippen molar-refractivity contribution in [1.29, 1.82) is 0 Å². The Morgan fingerprint density at radius 1 is 0.580 bits per heavy atom. The zero-order valence-electron chi connectivity index (χ0n) is 37.7. The van der Waals surface area contributed by atoms with Crippen LogP contribution in [0, 0.1) is 0 Å². The summed E-state index contributed by atoms with van der Waals surface area (Å²) in [5.41, 5.74) is 3.29. The maximum atomic E-state index is 13.6. The lowest BCUT2D eigenvalue weighted by Crippen LogP contribution is -2.32. The number of anilines is 4. The molecule has 5 aromatic carbocycles. The summed E-state index contributed by atoms with van der Waals surface area (Å²) >= 11 is 31.7. The molecule has 3 unspecified atom stereocenters. The molecule has 360 valence electrons. The Bertz CT molecular complexity index is 2820. The van der Waals surface area contributed by atoms with Gasteiger partial charge in [0.1, 0.15) is 22.9 Å². The smallest absolute Gasteiger partial charge is 0.258 e. The standard InChI is InChI=1S/C48H45Cl5N8O8/c1-25(51)35-24-30(54-47(66)43(26(2)62)60-58-39-10-6-8-33(41(39)52)45(64)55-36-16-13-31(68-4)22-28(36)18-20-49)12-15-38(35)57-48(67)44(27(3)63)61-59-40-11-7-9-34(42(40)53)46(65)56-37-17-14-32(69-5)23-29(37)19-21-50/h6-17,22-25,43-44H,18-21H2,1-5H3,(H,54,66)(H,55,64)(H,56,65)(H,57,67). The Morgan fingerprint density at radius 2 is 1.01 bits per heavy atom. The molecule has 0 heterocycles. The largest absolute Gasteiger partial charge is 0.497 e. The zero-order chi connectivity index (χ0) is 50.4. The van der Waals surface area contributed by atoms with Crippen LogP contribution in [0.4, 0.5) is 34.1 Å². The third-order valence-corrected chi connectivity index (χ3v) is 11.5. The lowest BCUT2D eigenvalue weighted by atomic mass is 10.1. The van der Waals surface area contributed by atoms with E-state index in [4.69, 9.17) is 67.5 Å². The Morgan fingerprint density at radius 3 is 1.42 bits per heavy atom. The molecule has 0 saturated carbocycles. The zero-order valence-corrected chi connectivity index (χ0v) is 41.4. The molecule has 21 heteroatoms. The number of amides is 4. The molecule has 0 fully saturated rings. The Kier molecular flexibility index (Phi) is 19.6. The molecule has 0 aliphatic rings. The predicted molar refractivity (Wildman–Crippen MR) is 270 cm³/mol. The van der Waals surface area contributed by atoms with E-state index in [1.165, 1.54) is 68.8 Å². The molecule has 0 aliphatic heterocycles. The lowest BCUT2D eigenvalue weighted by Gasteiger charge is -2.17. The van der Waals surface area contributed by atoms with Crippen molar-refractivity contribution in [2.24, 2.45) is 20.5 Å². The number of Topliss-reactive ketones (excluding diaryl/α,β-unsaturated/α-hetero) is 2. The Balaban J connectivity index is 1.29. The van der Waals surface area contributed by atoms with E-state index >= 15 is 0 Å². The molecule has 0 aromatic heterocycles. The van der Waals surface area contributed by atoms with Crippen molar-refractivity contribution in [2.75, 3.05) is 47.2 Å². The van der Waals surface area contributed by atoms with E-state index in [-0.39, 0.29) is 43.9 Å². The summed E-state index contributed by atoms with van der Waals surface area (Å²) < 4.78 is 10.6. The minimum Gasteiger partial charge on any atom is -0.497 e. The highest BCUT2D eigenvalue weighted by Crippen LogP contribution is 2.34. The van der Waals surface area contributed by atoms with Gasteiger partial charge in [-0.25, -0.2) is 0 Å². The van der Waals surface area contributed by atoms with E-state index in [0.29, 0.717) is 53.0 Å². The van der Waals surface area contributed by atoms with Crippen LogP contribution in [-0.4, -0.2) is 73.3 Å². The van der Waals surface area contributed by atoms with Gasteiger partial charge in [-0.15, -0.1) is 34.8 Å². The molecule has 0 radical (unpaired) electrons. The van der Waals surface area contributed by atoms with E-state index in [1.54, 1.807) is 43.3 Å². The third kappa shape index (κ3) is 14.1. The summed E-state index contributed by atoms with van der Waals surface area (Å²) in [5, 5.41) is 26.1. The second kappa shape index (κ2) is 25.3. The van der Waals surface area contributed by atoms with Crippen LogP contribution in [0.25, 0.3) is 0 Å². The number of benzene rings is 5. The van der Waals surface area contributed by atoms with Crippen molar-refractivity contribution in [3.8, 4) is 11.5 Å². The molecule has 0 spiro atoms. The maximum absolute atomic E-state index is 13.6. The first-order valence-electron chi connectivity index (χ1n) is 20.9. The number of halogens is 5. The summed E-state index contributed by atoms with van der Waals surface area (Å²) in [6.45, 7) is 3.92.